The highest BCUT2D eigenvalue weighted by atomic mass is 32.2. The van der Waals surface area contributed by atoms with Gasteiger partial charge in [0.05, 0.1) is 32.2 Å². The number of ketones is 1. The van der Waals surface area contributed by atoms with E-state index >= 15 is 0 Å². The number of benzene rings is 5. The first-order chi connectivity index (χ1) is 25.2. The standard InChI is InChI=1S/C28H16BF12.C11H15O2S/c30-25(31,32)17-1-9-21(10-2-17)29(22-11-3-18(4-12-22)26(33,34)35,23-13-5-19(6-14-23)27(36,37)38)24-15-7-20(8-16-24)28(39,40)41;1-9-4-6-10(7-5-9)11(12)8-14(2,3)13/h1-16H;4-7H,8H2,1-3H3/q-1;+1. The molecule has 0 saturated heterocycles. The highest BCUT2D eigenvalue weighted by molar-refractivity contribution is 8.02. The second-order valence-corrected chi connectivity index (χ2v) is 16.4. The molecule has 0 atom stereocenters. The van der Waals surface area contributed by atoms with Crippen molar-refractivity contribution in [2.75, 3.05) is 18.3 Å². The Morgan fingerprint density at radius 2 is 0.691 bits per heavy atom. The predicted octanol–water partition coefficient (Wildman–Crippen LogP) is 9.08. The number of rotatable bonds is 7. The molecule has 0 saturated carbocycles. The Morgan fingerprint density at radius 1 is 0.455 bits per heavy atom. The van der Waals surface area contributed by atoms with Crippen LogP contribution in [0.15, 0.2) is 121 Å². The summed E-state index contributed by atoms with van der Waals surface area (Å²) in [7, 11) is -1.98. The third-order valence-electron chi connectivity index (χ3n) is 8.80. The van der Waals surface area contributed by atoms with Crippen LogP contribution in [0.4, 0.5) is 52.7 Å². The number of hydrogen-bond acceptors (Lipinski definition) is 2. The van der Waals surface area contributed by atoms with Crippen molar-refractivity contribution in [1.29, 1.82) is 0 Å². The summed E-state index contributed by atoms with van der Waals surface area (Å²) in [6.45, 7) is 1.97. The highest BCUT2D eigenvalue weighted by Gasteiger charge is 2.38. The van der Waals surface area contributed by atoms with Crippen molar-refractivity contribution in [3.8, 4) is 0 Å². The molecule has 0 radical (unpaired) electrons. The number of aryl methyl sites for hydroxylation is 1. The largest absolute Gasteiger partial charge is 0.416 e. The van der Waals surface area contributed by atoms with Gasteiger partial charge in [0.1, 0.15) is 18.7 Å². The topological polar surface area (TPSA) is 34.1 Å². The smallest absolute Gasteiger partial charge is 0.289 e. The molecule has 5 rings (SSSR count). The summed E-state index contributed by atoms with van der Waals surface area (Å²) in [4.78, 5) is 11.6. The molecule has 0 bridgehead atoms. The van der Waals surface area contributed by atoms with Crippen LogP contribution in [-0.4, -0.2) is 30.2 Å². The molecular formula is C39H31BF12O2S. The second-order valence-electron chi connectivity index (χ2n) is 13.2. The van der Waals surface area contributed by atoms with Crippen LogP contribution in [0, 0.1) is 6.92 Å². The Balaban J connectivity index is 0.000000404. The molecule has 292 valence electrons. The quantitative estimate of drug-likeness (QED) is 0.0713. The zero-order chi connectivity index (χ0) is 41.2. The van der Waals surface area contributed by atoms with Crippen LogP contribution in [0.3, 0.4) is 0 Å². The number of halogens is 12. The Kier molecular flexibility index (Phi) is 12.3. The molecule has 5 aromatic rings. The molecule has 0 N–H and O–H groups in total. The lowest BCUT2D eigenvalue weighted by Gasteiger charge is -2.44. The predicted molar refractivity (Wildman–Crippen MR) is 190 cm³/mol. The summed E-state index contributed by atoms with van der Waals surface area (Å²) in [6, 6.07) is 20.9. The molecule has 0 aromatic heterocycles. The third kappa shape index (κ3) is 10.5. The number of carbonyl (C=O) groups is 1. The first-order valence-corrected chi connectivity index (χ1v) is 18.7. The van der Waals surface area contributed by atoms with Gasteiger partial charge in [0.25, 0.3) is 0 Å². The monoisotopic (exact) mass is 802 g/mol. The minimum absolute atomic E-state index is 0.0114. The van der Waals surface area contributed by atoms with E-state index in [4.69, 9.17) is 0 Å². The lowest BCUT2D eigenvalue weighted by molar-refractivity contribution is -0.138. The minimum atomic E-state index is -4.77. The van der Waals surface area contributed by atoms with Gasteiger partial charge in [0, 0.05) is 5.56 Å². The SMILES string of the molecule is Cc1ccc(C(=O)C[S+](C)(C)=O)cc1.FC(F)(F)c1ccc([B-](c2ccc(C(F)(F)F)cc2)(c2ccc(C(F)(F)F)cc2)c2ccc(C(F)(F)F)cc2)cc1. The van der Waals surface area contributed by atoms with Crippen LogP contribution < -0.4 is 21.9 Å². The van der Waals surface area contributed by atoms with Crippen molar-refractivity contribution < 1.29 is 61.7 Å². The Bertz CT molecular complexity index is 1880. The van der Waals surface area contributed by atoms with Crippen molar-refractivity contribution in [3.63, 3.8) is 0 Å². The van der Waals surface area contributed by atoms with Crippen LogP contribution in [0.25, 0.3) is 0 Å². The van der Waals surface area contributed by atoms with E-state index in [0.717, 1.165) is 54.1 Å². The zero-order valence-electron chi connectivity index (χ0n) is 29.1. The van der Waals surface area contributed by atoms with Crippen molar-refractivity contribution in [1.82, 2.24) is 0 Å². The molecule has 0 aliphatic heterocycles. The first kappa shape index (κ1) is 42.9. The van der Waals surface area contributed by atoms with Crippen LogP contribution in [0.2, 0.25) is 0 Å². The van der Waals surface area contributed by atoms with Gasteiger partial charge in [-0.3, -0.25) is 4.79 Å². The number of alkyl halides is 12. The van der Waals surface area contributed by atoms with Crippen LogP contribution in [-0.2, 0) is 38.8 Å². The van der Waals surface area contributed by atoms with Gasteiger partial charge in [-0.25, -0.2) is 0 Å². The van der Waals surface area contributed by atoms with E-state index in [1.807, 2.05) is 19.1 Å². The van der Waals surface area contributed by atoms with E-state index in [1.165, 1.54) is 0 Å². The van der Waals surface area contributed by atoms with E-state index < -0.39 is 63.0 Å². The van der Waals surface area contributed by atoms with Gasteiger partial charge in [-0.2, -0.15) is 74.5 Å². The van der Waals surface area contributed by atoms with Gasteiger partial charge in [-0.1, -0.05) is 127 Å². The van der Waals surface area contributed by atoms with Gasteiger partial charge in [-0.15, -0.1) is 4.21 Å². The van der Waals surface area contributed by atoms with E-state index in [2.05, 4.69) is 0 Å². The summed E-state index contributed by atoms with van der Waals surface area (Å²) in [5.41, 5.74) is -2.53. The molecule has 0 aliphatic rings. The maximum absolute atomic E-state index is 13.3. The van der Waals surface area contributed by atoms with Crippen molar-refractivity contribution in [3.05, 3.63) is 155 Å². The lowest BCUT2D eigenvalue weighted by Crippen LogP contribution is -2.74. The van der Waals surface area contributed by atoms with Gasteiger partial charge in [-0.05, 0) is 6.92 Å². The van der Waals surface area contributed by atoms with Crippen molar-refractivity contribution >= 4 is 43.7 Å². The van der Waals surface area contributed by atoms with Gasteiger partial charge in [0.15, 0.2) is 5.75 Å². The first-order valence-electron chi connectivity index (χ1n) is 16.1. The second kappa shape index (κ2) is 15.7. The van der Waals surface area contributed by atoms with Crippen molar-refractivity contribution in [2.45, 2.75) is 31.6 Å². The summed E-state index contributed by atoms with van der Waals surface area (Å²) in [6.07, 6.45) is -18.8. The van der Waals surface area contributed by atoms with E-state index in [0.29, 0.717) is 54.1 Å². The van der Waals surface area contributed by atoms with Gasteiger partial charge < -0.3 is 0 Å². The fourth-order valence-corrected chi connectivity index (χ4v) is 6.93. The normalized spacial score (nSPS) is 12.9. The van der Waals surface area contributed by atoms with Crippen LogP contribution >= 0.6 is 0 Å². The van der Waals surface area contributed by atoms with E-state index in [-0.39, 0.29) is 33.4 Å². The average molecular weight is 803 g/mol. The average Bonchev–Trinajstić information content (AvgIpc) is 3.08. The summed E-state index contributed by atoms with van der Waals surface area (Å²) in [5, 5.41) is 0. The van der Waals surface area contributed by atoms with Crippen LogP contribution in [0.5, 0.6) is 0 Å². The molecule has 5 aromatic carbocycles. The highest BCUT2D eigenvalue weighted by Crippen LogP contribution is 2.32. The molecule has 0 amide bonds. The Hall–Kier alpha value is -4.86. The fraction of sp³-hybridized carbons (Fsp3) is 0.205. The van der Waals surface area contributed by atoms with Crippen molar-refractivity contribution in [2.24, 2.45) is 0 Å². The molecule has 2 nitrogen and oxygen atoms in total. The van der Waals surface area contributed by atoms with Crippen LogP contribution in [0.1, 0.15) is 38.2 Å². The maximum atomic E-state index is 13.3. The molecule has 0 aliphatic carbocycles. The fourth-order valence-electron chi connectivity index (χ4n) is 6.14. The van der Waals surface area contributed by atoms with Gasteiger partial charge in [0.2, 0.25) is 5.78 Å². The Morgan fingerprint density at radius 3 is 0.891 bits per heavy atom. The molecule has 16 heteroatoms. The van der Waals surface area contributed by atoms with Gasteiger partial charge >= 0.3 is 24.7 Å². The Labute approximate surface area is 309 Å². The summed E-state index contributed by atoms with van der Waals surface area (Å²) >= 11 is 0. The zero-order valence-corrected chi connectivity index (χ0v) is 29.9. The minimum Gasteiger partial charge on any atom is -0.289 e. The number of Topliss-reactive ketones (excluding diaryl/α,β-unsaturated/α-hetero) is 1. The number of carbonyl (C=O) groups excluding carboxylic acids is 1. The van der Waals surface area contributed by atoms with E-state index in [9.17, 15) is 61.7 Å². The molecular weight excluding hydrogens is 771 g/mol. The maximum Gasteiger partial charge on any atom is 0.416 e. The molecule has 0 heterocycles. The molecule has 55 heavy (non-hydrogen) atoms. The summed E-state index contributed by atoms with van der Waals surface area (Å²) < 4.78 is 171. The lowest BCUT2D eigenvalue weighted by atomic mass is 9.13. The molecule has 0 unspecified atom stereocenters. The third-order valence-corrected chi connectivity index (χ3v) is 9.76. The van der Waals surface area contributed by atoms with E-state index in [1.54, 1.807) is 24.6 Å². The molecule has 0 spiro atoms. The number of hydrogen-bond donors (Lipinski definition) is 0. The molecule has 0 fully saturated rings. The summed E-state index contributed by atoms with van der Waals surface area (Å²) in [5.74, 6) is 0.0933.